The Bertz CT molecular complexity index is 784. The molecule has 4 fully saturated rings. The van der Waals surface area contributed by atoms with Crippen LogP contribution < -0.4 is 0 Å². The van der Waals surface area contributed by atoms with Crippen molar-refractivity contribution in [3.8, 4) is 0 Å². The summed E-state index contributed by atoms with van der Waals surface area (Å²) in [7, 11) is 0. The lowest BCUT2D eigenvalue weighted by Crippen LogP contribution is -2.53. The third-order valence-corrected chi connectivity index (χ3v) is 10.1. The fraction of sp³-hybridized carbons (Fsp3) is 0.692. The van der Waals surface area contributed by atoms with E-state index < -0.39 is 0 Å². The summed E-state index contributed by atoms with van der Waals surface area (Å²) < 4.78 is 1.11. The Morgan fingerprint density at radius 3 is 2.68 bits per heavy atom. The second-order valence-electron chi connectivity index (χ2n) is 10.8. The SMILES string of the molecule is C[C@]12CCCC[C@@H]1CC[C@H]1[C@H]2CC[C@]2(C)[C@@H]1C/C(=C/c1cccc(Br)c1)[C@@H]2O. The molecule has 0 unspecified atom stereocenters. The Morgan fingerprint density at radius 2 is 1.86 bits per heavy atom. The standard InChI is InChI=1S/C26H35BrO/c1-25-12-4-3-7-19(25)9-10-21-22(25)11-13-26(2)23(21)16-18(24(26)28)14-17-6-5-8-20(27)15-17/h5-6,8,14-15,19,21-24,28H,3-4,7,9-13,16H2,1-2H3/b18-14-/t19-,21+,22-,23-,24+,25+,26-/m1/s1. The van der Waals surface area contributed by atoms with Crippen LogP contribution in [0.5, 0.6) is 0 Å². The van der Waals surface area contributed by atoms with Crippen molar-refractivity contribution >= 4 is 22.0 Å². The van der Waals surface area contributed by atoms with Crippen molar-refractivity contribution < 1.29 is 5.11 Å². The molecule has 7 atom stereocenters. The van der Waals surface area contributed by atoms with Crippen LogP contribution in [-0.4, -0.2) is 11.2 Å². The van der Waals surface area contributed by atoms with E-state index in [-0.39, 0.29) is 11.5 Å². The number of benzene rings is 1. The quantitative estimate of drug-likeness (QED) is 0.485. The molecule has 28 heavy (non-hydrogen) atoms. The summed E-state index contributed by atoms with van der Waals surface area (Å²) in [5.41, 5.74) is 3.15. The first-order valence-corrected chi connectivity index (χ1v) is 12.4. The van der Waals surface area contributed by atoms with Gasteiger partial charge >= 0.3 is 0 Å². The van der Waals surface area contributed by atoms with Crippen molar-refractivity contribution in [3.05, 3.63) is 39.9 Å². The van der Waals surface area contributed by atoms with E-state index in [9.17, 15) is 5.11 Å². The Labute approximate surface area is 179 Å². The van der Waals surface area contributed by atoms with Crippen LogP contribution in [0.3, 0.4) is 0 Å². The second kappa shape index (κ2) is 6.98. The minimum atomic E-state index is -0.269. The number of aliphatic hydroxyl groups is 1. The third-order valence-electron chi connectivity index (χ3n) is 9.65. The zero-order valence-electron chi connectivity index (χ0n) is 17.5. The molecule has 0 aliphatic heterocycles. The second-order valence-corrected chi connectivity index (χ2v) is 11.7. The third kappa shape index (κ3) is 2.88. The minimum absolute atomic E-state index is 0.0802. The van der Waals surface area contributed by atoms with Gasteiger partial charge < -0.3 is 5.11 Å². The van der Waals surface area contributed by atoms with E-state index in [1.165, 1.54) is 62.5 Å². The van der Waals surface area contributed by atoms with Crippen molar-refractivity contribution in [2.24, 2.45) is 34.5 Å². The van der Waals surface area contributed by atoms with Gasteiger partial charge in [-0.2, -0.15) is 0 Å². The lowest BCUT2D eigenvalue weighted by Gasteiger charge is -2.60. The van der Waals surface area contributed by atoms with E-state index in [1.807, 2.05) is 0 Å². The summed E-state index contributed by atoms with van der Waals surface area (Å²) in [5, 5.41) is 11.4. The van der Waals surface area contributed by atoms with E-state index >= 15 is 0 Å². The fourth-order valence-corrected chi connectivity index (χ4v) is 8.52. The summed E-state index contributed by atoms with van der Waals surface area (Å²) >= 11 is 3.59. The van der Waals surface area contributed by atoms with Crippen LogP contribution in [0.2, 0.25) is 0 Å². The Kier molecular flexibility index (Phi) is 4.83. The molecule has 152 valence electrons. The van der Waals surface area contributed by atoms with E-state index in [0.717, 1.165) is 28.6 Å². The van der Waals surface area contributed by atoms with Gasteiger partial charge in [0.25, 0.3) is 0 Å². The highest BCUT2D eigenvalue weighted by Gasteiger charge is 2.60. The molecule has 4 saturated carbocycles. The first-order valence-electron chi connectivity index (χ1n) is 11.6. The number of fused-ring (bicyclic) bond motifs is 5. The molecular formula is C26H35BrO. The van der Waals surface area contributed by atoms with E-state index in [4.69, 9.17) is 0 Å². The molecule has 1 nitrogen and oxygen atoms in total. The monoisotopic (exact) mass is 442 g/mol. The molecule has 1 N–H and O–H groups in total. The molecule has 4 aliphatic rings. The molecule has 0 amide bonds. The van der Waals surface area contributed by atoms with Crippen LogP contribution in [0.4, 0.5) is 0 Å². The summed E-state index contributed by atoms with van der Waals surface area (Å²) in [4.78, 5) is 0. The van der Waals surface area contributed by atoms with Gasteiger partial charge in [0.05, 0.1) is 6.10 Å². The Hall–Kier alpha value is -0.600. The summed E-state index contributed by atoms with van der Waals surface area (Å²) in [6, 6.07) is 8.49. The smallest absolute Gasteiger partial charge is 0.0809 e. The molecule has 1 aromatic carbocycles. The molecule has 0 heterocycles. The number of hydrogen-bond donors (Lipinski definition) is 1. The molecule has 5 rings (SSSR count). The lowest BCUT2D eigenvalue weighted by atomic mass is 9.45. The van der Waals surface area contributed by atoms with Gasteiger partial charge in [-0.25, -0.2) is 0 Å². The van der Waals surface area contributed by atoms with Crippen LogP contribution in [0.1, 0.15) is 77.2 Å². The van der Waals surface area contributed by atoms with Crippen LogP contribution in [-0.2, 0) is 0 Å². The number of rotatable bonds is 1. The zero-order valence-corrected chi connectivity index (χ0v) is 19.0. The molecule has 2 heteroatoms. The first-order chi connectivity index (χ1) is 13.4. The van der Waals surface area contributed by atoms with Gasteiger partial charge in [-0.05, 0) is 97.3 Å². The maximum absolute atomic E-state index is 11.4. The van der Waals surface area contributed by atoms with Crippen LogP contribution in [0.15, 0.2) is 34.3 Å². The Balaban J connectivity index is 1.46. The summed E-state index contributed by atoms with van der Waals surface area (Å²) in [6.07, 6.45) is 14.3. The van der Waals surface area contributed by atoms with Gasteiger partial charge in [-0.3, -0.25) is 0 Å². The summed E-state index contributed by atoms with van der Waals surface area (Å²) in [6.45, 7) is 5.04. The van der Waals surface area contributed by atoms with Gasteiger partial charge in [0.1, 0.15) is 0 Å². The van der Waals surface area contributed by atoms with E-state index in [2.05, 4.69) is 60.1 Å². The minimum Gasteiger partial charge on any atom is -0.388 e. The average Bonchev–Trinajstić information content (AvgIpc) is 2.92. The number of hydrogen-bond acceptors (Lipinski definition) is 1. The average molecular weight is 443 g/mol. The molecule has 0 bridgehead atoms. The topological polar surface area (TPSA) is 20.2 Å². The highest BCUT2D eigenvalue weighted by Crippen LogP contribution is 2.67. The van der Waals surface area contributed by atoms with Crippen LogP contribution in [0.25, 0.3) is 6.08 Å². The Morgan fingerprint density at radius 1 is 1.00 bits per heavy atom. The highest BCUT2D eigenvalue weighted by atomic mass is 79.9. The van der Waals surface area contributed by atoms with Gasteiger partial charge in [-0.1, -0.05) is 60.8 Å². The first kappa shape index (κ1) is 19.4. The van der Waals surface area contributed by atoms with Crippen molar-refractivity contribution in [2.75, 3.05) is 0 Å². The predicted molar refractivity (Wildman–Crippen MR) is 120 cm³/mol. The zero-order chi connectivity index (χ0) is 19.5. The van der Waals surface area contributed by atoms with Crippen molar-refractivity contribution in [1.82, 2.24) is 0 Å². The summed E-state index contributed by atoms with van der Waals surface area (Å²) in [5.74, 6) is 3.34. The van der Waals surface area contributed by atoms with E-state index in [1.54, 1.807) is 0 Å². The molecule has 1 aromatic rings. The van der Waals surface area contributed by atoms with E-state index in [0.29, 0.717) is 11.3 Å². The lowest BCUT2D eigenvalue weighted by molar-refractivity contribution is -0.119. The molecule has 4 aliphatic carbocycles. The van der Waals surface area contributed by atoms with Crippen molar-refractivity contribution in [3.63, 3.8) is 0 Å². The van der Waals surface area contributed by atoms with Gasteiger partial charge in [-0.15, -0.1) is 0 Å². The molecule has 0 aromatic heterocycles. The normalized spacial score (nSPS) is 46.7. The maximum atomic E-state index is 11.4. The predicted octanol–water partition coefficient (Wildman–Crippen LogP) is 7.24. The molecule has 0 spiro atoms. The van der Waals surface area contributed by atoms with Gasteiger partial charge in [0, 0.05) is 9.89 Å². The molecule has 0 saturated heterocycles. The van der Waals surface area contributed by atoms with Crippen LogP contribution in [0, 0.1) is 34.5 Å². The highest BCUT2D eigenvalue weighted by molar-refractivity contribution is 9.10. The number of aliphatic hydroxyl groups excluding tert-OH is 1. The maximum Gasteiger partial charge on any atom is 0.0809 e. The molecule has 0 radical (unpaired) electrons. The fourth-order valence-electron chi connectivity index (χ4n) is 8.10. The molecular weight excluding hydrogens is 408 g/mol. The van der Waals surface area contributed by atoms with Gasteiger partial charge in [0.15, 0.2) is 0 Å². The largest absolute Gasteiger partial charge is 0.388 e. The van der Waals surface area contributed by atoms with Crippen molar-refractivity contribution in [2.45, 2.75) is 77.7 Å². The number of halogens is 1. The van der Waals surface area contributed by atoms with Crippen molar-refractivity contribution in [1.29, 1.82) is 0 Å². The van der Waals surface area contributed by atoms with Gasteiger partial charge in [0.2, 0.25) is 0 Å². The van der Waals surface area contributed by atoms with Crippen LogP contribution >= 0.6 is 15.9 Å².